The van der Waals surface area contributed by atoms with E-state index >= 15 is 0 Å². The zero-order valence-electron chi connectivity index (χ0n) is 12.8. The van der Waals surface area contributed by atoms with E-state index in [9.17, 15) is 14.7 Å². The average molecular weight is 295 g/mol. The summed E-state index contributed by atoms with van der Waals surface area (Å²) < 4.78 is 0. The van der Waals surface area contributed by atoms with Crippen molar-refractivity contribution in [1.82, 2.24) is 4.98 Å². The van der Waals surface area contributed by atoms with E-state index in [0.29, 0.717) is 22.5 Å². The molecule has 112 valence electrons. The van der Waals surface area contributed by atoms with Crippen LogP contribution in [0.4, 0.5) is 0 Å². The van der Waals surface area contributed by atoms with Gasteiger partial charge in [-0.15, -0.1) is 0 Å². The Bertz CT molecular complexity index is 759. The van der Waals surface area contributed by atoms with Crippen molar-refractivity contribution in [1.29, 1.82) is 0 Å². The van der Waals surface area contributed by atoms with Gasteiger partial charge in [0.2, 0.25) is 0 Å². The lowest BCUT2D eigenvalue weighted by Gasteiger charge is -2.07. The number of hydrogen-bond acceptors (Lipinski definition) is 4. The molecule has 0 amide bonds. The molecule has 1 aromatic carbocycles. The normalized spacial score (nSPS) is 10.9. The predicted octanol–water partition coefficient (Wildman–Crippen LogP) is 3.50. The number of rotatable bonds is 4. The van der Waals surface area contributed by atoms with E-state index in [4.69, 9.17) is 0 Å². The summed E-state index contributed by atoms with van der Waals surface area (Å²) in [4.78, 5) is 28.1. The molecule has 4 nitrogen and oxygen atoms in total. The van der Waals surface area contributed by atoms with Gasteiger partial charge in [0, 0.05) is 22.5 Å². The predicted molar refractivity (Wildman–Crippen MR) is 85.2 cm³/mol. The summed E-state index contributed by atoms with van der Waals surface area (Å²) in [5.74, 6) is -0.143. The summed E-state index contributed by atoms with van der Waals surface area (Å²) in [6, 6.07) is 8.12. The average Bonchev–Trinajstić information content (AvgIpc) is 2.46. The van der Waals surface area contributed by atoms with Crippen molar-refractivity contribution in [3.8, 4) is 5.75 Å². The fraction of sp³-hybridized carbons (Fsp3) is 0.167. The van der Waals surface area contributed by atoms with Crippen LogP contribution in [0.5, 0.6) is 5.75 Å². The molecule has 1 N–H and O–H groups in total. The van der Waals surface area contributed by atoms with E-state index in [1.54, 1.807) is 50.3 Å². The van der Waals surface area contributed by atoms with E-state index in [0.717, 1.165) is 5.56 Å². The number of aromatic hydroxyl groups is 1. The summed E-state index contributed by atoms with van der Waals surface area (Å²) in [5, 5.41) is 9.23. The van der Waals surface area contributed by atoms with Crippen LogP contribution >= 0.6 is 0 Å². The van der Waals surface area contributed by atoms with Crippen molar-refractivity contribution in [3.05, 3.63) is 64.5 Å². The number of phenolic OH excluding ortho intramolecular Hbond substituents is 1. The van der Waals surface area contributed by atoms with Crippen LogP contribution in [0.25, 0.3) is 6.08 Å². The number of hydrogen-bond donors (Lipinski definition) is 1. The van der Waals surface area contributed by atoms with E-state index < -0.39 is 0 Å². The molecule has 0 spiro atoms. The number of Topliss-reactive ketones (excluding diaryl/α,β-unsaturated/α-hetero) is 1. The molecule has 0 aliphatic rings. The fourth-order valence-corrected chi connectivity index (χ4v) is 2.18. The third kappa shape index (κ3) is 3.47. The Labute approximate surface area is 129 Å². The van der Waals surface area contributed by atoms with Gasteiger partial charge in [0.1, 0.15) is 5.75 Å². The summed E-state index contributed by atoms with van der Waals surface area (Å²) in [6.45, 7) is 4.96. The van der Waals surface area contributed by atoms with Gasteiger partial charge in [-0.25, -0.2) is 0 Å². The maximum atomic E-state index is 12.3. The summed E-state index contributed by atoms with van der Waals surface area (Å²) >= 11 is 0. The Morgan fingerprint density at radius 3 is 2.23 bits per heavy atom. The van der Waals surface area contributed by atoms with Crippen LogP contribution in [0.2, 0.25) is 0 Å². The summed E-state index contributed by atoms with van der Waals surface area (Å²) in [5.41, 5.74) is 2.92. The highest BCUT2D eigenvalue weighted by Gasteiger charge is 2.13. The second-order valence-corrected chi connectivity index (χ2v) is 5.10. The van der Waals surface area contributed by atoms with Gasteiger partial charge in [0.15, 0.2) is 11.6 Å². The topological polar surface area (TPSA) is 67.3 Å². The van der Waals surface area contributed by atoms with Crippen molar-refractivity contribution in [2.75, 3.05) is 0 Å². The number of phenols is 1. The van der Waals surface area contributed by atoms with Gasteiger partial charge < -0.3 is 5.11 Å². The zero-order chi connectivity index (χ0) is 16.3. The first-order valence-electron chi connectivity index (χ1n) is 6.89. The molecule has 0 saturated heterocycles. The lowest BCUT2D eigenvalue weighted by molar-refractivity contribution is 0.101. The highest BCUT2D eigenvalue weighted by molar-refractivity contribution is 6.09. The molecule has 1 heterocycles. The van der Waals surface area contributed by atoms with Gasteiger partial charge in [0.05, 0.1) is 0 Å². The molecule has 0 aliphatic carbocycles. The molecule has 0 fully saturated rings. The highest BCUT2D eigenvalue weighted by Crippen LogP contribution is 2.16. The quantitative estimate of drug-likeness (QED) is 0.692. The Kier molecular flexibility index (Phi) is 4.51. The number of nitrogens with zero attached hydrogens (tertiary/aromatic N) is 1. The van der Waals surface area contributed by atoms with Crippen LogP contribution in [0.1, 0.15) is 44.6 Å². The first kappa shape index (κ1) is 15.6. The number of aryl methyl sites for hydroxylation is 2. The Morgan fingerprint density at radius 2 is 1.64 bits per heavy atom. The number of aromatic nitrogens is 1. The first-order chi connectivity index (χ1) is 10.4. The van der Waals surface area contributed by atoms with Crippen molar-refractivity contribution in [2.45, 2.75) is 20.8 Å². The molecule has 0 saturated carbocycles. The van der Waals surface area contributed by atoms with Crippen molar-refractivity contribution in [3.63, 3.8) is 0 Å². The molecular weight excluding hydrogens is 278 g/mol. The van der Waals surface area contributed by atoms with Crippen molar-refractivity contribution >= 4 is 17.6 Å². The van der Waals surface area contributed by atoms with Gasteiger partial charge in [0.25, 0.3) is 0 Å². The summed E-state index contributed by atoms with van der Waals surface area (Å²) in [7, 11) is 0. The van der Waals surface area contributed by atoms with Crippen molar-refractivity contribution < 1.29 is 14.7 Å². The second-order valence-electron chi connectivity index (χ2n) is 5.10. The molecule has 1 aromatic heterocycles. The highest BCUT2D eigenvalue weighted by atomic mass is 16.3. The maximum absolute atomic E-state index is 12.3. The number of carbonyl (C=O) groups excluding carboxylic acids is 2. The molecule has 0 unspecified atom stereocenters. The van der Waals surface area contributed by atoms with Crippen LogP contribution in [-0.2, 0) is 0 Å². The molecule has 0 radical (unpaired) electrons. The number of carbonyl (C=O) groups is 2. The molecule has 2 aromatic rings. The zero-order valence-corrected chi connectivity index (χ0v) is 12.8. The molecule has 0 atom stereocenters. The fourth-order valence-electron chi connectivity index (χ4n) is 2.18. The van der Waals surface area contributed by atoms with Gasteiger partial charge in [-0.05, 0) is 50.6 Å². The lowest BCUT2D eigenvalue weighted by atomic mass is 10.0. The third-order valence-electron chi connectivity index (χ3n) is 3.37. The van der Waals surface area contributed by atoms with Crippen LogP contribution in [0.3, 0.4) is 0 Å². The minimum Gasteiger partial charge on any atom is -0.508 e. The lowest BCUT2D eigenvalue weighted by Crippen LogP contribution is -2.07. The molecular formula is C18H17NO3. The van der Waals surface area contributed by atoms with Crippen molar-refractivity contribution in [2.24, 2.45) is 0 Å². The minimum atomic E-state index is -0.208. The molecule has 0 bridgehead atoms. The molecule has 22 heavy (non-hydrogen) atoms. The maximum Gasteiger partial charge on any atom is 0.187 e. The number of ketones is 2. The molecule has 4 heteroatoms. The van der Waals surface area contributed by atoms with Crippen LogP contribution in [0.15, 0.2) is 36.4 Å². The molecule has 2 rings (SSSR count). The largest absolute Gasteiger partial charge is 0.508 e. The van der Waals surface area contributed by atoms with Crippen LogP contribution in [0, 0.1) is 13.8 Å². The number of benzene rings is 1. The Hall–Kier alpha value is -2.75. The number of allylic oxidation sites excluding steroid dienone is 1. The molecule has 0 aliphatic heterocycles. The van der Waals surface area contributed by atoms with Gasteiger partial charge in [-0.2, -0.15) is 0 Å². The Balaban J connectivity index is 2.31. The Morgan fingerprint density at radius 1 is 1.05 bits per heavy atom. The van der Waals surface area contributed by atoms with Gasteiger partial charge in [-0.3, -0.25) is 14.6 Å². The standard InChI is InChI=1S/C18H17NO3/c1-11-16(13(3)20)10-17(12(2)19-11)18(22)9-6-14-4-7-15(21)8-5-14/h4-10,21H,1-3H3/b9-6+. The SMILES string of the molecule is CC(=O)c1cc(C(=O)/C=C/c2ccc(O)cc2)c(C)nc1C. The van der Waals surface area contributed by atoms with E-state index in [1.165, 1.54) is 13.0 Å². The van der Waals surface area contributed by atoms with Gasteiger partial charge >= 0.3 is 0 Å². The van der Waals surface area contributed by atoms with E-state index in [1.807, 2.05) is 0 Å². The van der Waals surface area contributed by atoms with Crippen LogP contribution < -0.4 is 0 Å². The van der Waals surface area contributed by atoms with E-state index in [-0.39, 0.29) is 17.3 Å². The number of pyridine rings is 1. The van der Waals surface area contributed by atoms with Crippen LogP contribution in [-0.4, -0.2) is 21.7 Å². The monoisotopic (exact) mass is 295 g/mol. The second kappa shape index (κ2) is 6.35. The first-order valence-corrected chi connectivity index (χ1v) is 6.89. The minimum absolute atomic E-state index is 0.110. The van der Waals surface area contributed by atoms with Gasteiger partial charge in [-0.1, -0.05) is 18.2 Å². The smallest absolute Gasteiger partial charge is 0.187 e. The third-order valence-corrected chi connectivity index (χ3v) is 3.37. The van der Waals surface area contributed by atoms with E-state index in [2.05, 4.69) is 4.98 Å². The summed E-state index contributed by atoms with van der Waals surface area (Å²) in [6.07, 6.45) is 3.10.